The predicted molar refractivity (Wildman–Crippen MR) is 87.1 cm³/mol. The molecule has 1 aromatic rings. The summed E-state index contributed by atoms with van der Waals surface area (Å²) in [5.74, 6) is -1.41. The van der Waals surface area contributed by atoms with Gasteiger partial charge in [-0.25, -0.2) is 0 Å². The number of hydrogen-bond acceptors (Lipinski definition) is 3. The van der Waals surface area contributed by atoms with E-state index < -0.39 is 17.9 Å². The summed E-state index contributed by atoms with van der Waals surface area (Å²) < 4.78 is 0. The van der Waals surface area contributed by atoms with Crippen LogP contribution in [-0.2, 0) is 9.59 Å². The second-order valence-electron chi connectivity index (χ2n) is 4.22. The Kier molecular flexibility index (Phi) is 8.36. The summed E-state index contributed by atoms with van der Waals surface area (Å²) >= 11 is 17.5. The average Bonchev–Trinajstić information content (AvgIpc) is 2.34. The summed E-state index contributed by atoms with van der Waals surface area (Å²) in [5, 5.41) is 12.2. The standard InChI is InChI=1S/C12H13Cl3N2O3.ClH/c1-6(12(19)20)17(2)5-11(18)16-10-4-8(14)7(13)3-9(10)15;/h3-4,6H,5H2,1-2H3,(H,16,18)(H,19,20);1H. The van der Waals surface area contributed by atoms with Crippen LogP contribution in [0.1, 0.15) is 6.92 Å². The number of carbonyl (C=O) groups is 2. The maximum absolute atomic E-state index is 11.8. The molecule has 1 amide bonds. The first-order chi connectivity index (χ1) is 9.22. The van der Waals surface area contributed by atoms with Crippen molar-refractivity contribution < 1.29 is 14.7 Å². The molecule has 0 aliphatic heterocycles. The minimum atomic E-state index is -1.01. The Morgan fingerprint density at radius 3 is 2.29 bits per heavy atom. The molecular formula is C12H14Cl4N2O3. The summed E-state index contributed by atoms with van der Waals surface area (Å²) in [6.07, 6.45) is 0. The normalized spacial score (nSPS) is 11.7. The van der Waals surface area contributed by atoms with E-state index in [1.165, 1.54) is 31.0 Å². The van der Waals surface area contributed by atoms with Crippen LogP contribution in [0.3, 0.4) is 0 Å². The Morgan fingerprint density at radius 1 is 1.24 bits per heavy atom. The number of nitrogens with one attached hydrogen (secondary N) is 1. The van der Waals surface area contributed by atoms with E-state index >= 15 is 0 Å². The SMILES string of the molecule is CC(C(=O)O)N(C)CC(=O)Nc1cc(Cl)c(Cl)cc1Cl.Cl. The van der Waals surface area contributed by atoms with Gasteiger partial charge in [-0.3, -0.25) is 14.5 Å². The second-order valence-corrected chi connectivity index (χ2v) is 5.45. The van der Waals surface area contributed by atoms with Crippen LogP contribution in [0.15, 0.2) is 12.1 Å². The number of likely N-dealkylation sites (N-methyl/N-ethyl adjacent to an activating group) is 1. The number of carboxylic acid groups (broad SMARTS) is 1. The molecule has 0 fully saturated rings. The Morgan fingerprint density at radius 2 is 1.76 bits per heavy atom. The molecule has 0 aliphatic carbocycles. The molecule has 118 valence electrons. The Balaban J connectivity index is 0.00000400. The van der Waals surface area contributed by atoms with E-state index in [-0.39, 0.29) is 34.0 Å². The molecule has 1 aromatic carbocycles. The molecule has 1 rings (SSSR count). The van der Waals surface area contributed by atoms with Gasteiger partial charge in [-0.2, -0.15) is 0 Å². The fraction of sp³-hybridized carbons (Fsp3) is 0.333. The minimum Gasteiger partial charge on any atom is -0.480 e. The third kappa shape index (κ3) is 5.88. The van der Waals surface area contributed by atoms with E-state index in [4.69, 9.17) is 39.9 Å². The van der Waals surface area contributed by atoms with Gasteiger partial charge in [0.05, 0.1) is 27.3 Å². The van der Waals surface area contributed by atoms with Crippen LogP contribution >= 0.6 is 47.2 Å². The van der Waals surface area contributed by atoms with Crippen molar-refractivity contribution in [3.63, 3.8) is 0 Å². The number of carboxylic acids is 1. The highest BCUT2D eigenvalue weighted by atomic mass is 35.5. The topological polar surface area (TPSA) is 69.6 Å². The van der Waals surface area contributed by atoms with E-state index in [2.05, 4.69) is 5.32 Å². The fourth-order valence-corrected chi connectivity index (χ4v) is 1.95. The lowest BCUT2D eigenvalue weighted by Gasteiger charge is -2.20. The van der Waals surface area contributed by atoms with Crippen molar-refractivity contribution in [1.29, 1.82) is 0 Å². The number of hydrogen-bond donors (Lipinski definition) is 2. The number of benzene rings is 1. The summed E-state index contributed by atoms with van der Waals surface area (Å²) in [7, 11) is 1.54. The van der Waals surface area contributed by atoms with Crippen LogP contribution in [-0.4, -0.2) is 41.5 Å². The molecule has 1 unspecified atom stereocenters. The number of nitrogens with zero attached hydrogens (tertiary/aromatic N) is 1. The van der Waals surface area contributed by atoms with Crippen molar-refractivity contribution in [2.75, 3.05) is 18.9 Å². The van der Waals surface area contributed by atoms with E-state index in [0.29, 0.717) is 5.69 Å². The summed E-state index contributed by atoms with van der Waals surface area (Å²) in [5.41, 5.74) is 0.322. The maximum Gasteiger partial charge on any atom is 0.320 e. The first kappa shape index (κ1) is 20.3. The zero-order chi connectivity index (χ0) is 15.4. The predicted octanol–water partition coefficient (Wildman–Crippen LogP) is 3.41. The number of halogens is 4. The van der Waals surface area contributed by atoms with Gasteiger partial charge in [-0.05, 0) is 26.1 Å². The Hall–Kier alpha value is -0.720. The highest BCUT2D eigenvalue weighted by molar-refractivity contribution is 6.44. The quantitative estimate of drug-likeness (QED) is 0.773. The third-order valence-corrected chi connectivity index (χ3v) is 3.73. The van der Waals surface area contributed by atoms with Crippen molar-refractivity contribution in [3.8, 4) is 0 Å². The highest BCUT2D eigenvalue weighted by Gasteiger charge is 2.19. The molecule has 0 radical (unpaired) electrons. The lowest BCUT2D eigenvalue weighted by molar-refractivity contribution is -0.142. The van der Waals surface area contributed by atoms with Crippen molar-refractivity contribution >= 4 is 64.8 Å². The van der Waals surface area contributed by atoms with Crippen LogP contribution < -0.4 is 5.32 Å². The summed E-state index contributed by atoms with van der Waals surface area (Å²) in [6.45, 7) is 1.39. The van der Waals surface area contributed by atoms with E-state index in [9.17, 15) is 9.59 Å². The molecule has 2 N–H and O–H groups in total. The second kappa shape index (κ2) is 8.66. The van der Waals surface area contributed by atoms with Gasteiger partial charge in [-0.1, -0.05) is 34.8 Å². The highest BCUT2D eigenvalue weighted by Crippen LogP contribution is 2.32. The van der Waals surface area contributed by atoms with Gasteiger partial charge in [0.25, 0.3) is 0 Å². The zero-order valence-electron chi connectivity index (χ0n) is 11.2. The van der Waals surface area contributed by atoms with Crippen LogP contribution in [0.5, 0.6) is 0 Å². The van der Waals surface area contributed by atoms with Gasteiger partial charge in [-0.15, -0.1) is 12.4 Å². The lowest BCUT2D eigenvalue weighted by Crippen LogP contribution is -2.40. The molecule has 0 saturated heterocycles. The van der Waals surface area contributed by atoms with Crippen LogP contribution in [0.2, 0.25) is 15.1 Å². The maximum atomic E-state index is 11.8. The van der Waals surface area contributed by atoms with Gasteiger partial charge in [0.1, 0.15) is 6.04 Å². The molecule has 0 bridgehead atoms. The zero-order valence-corrected chi connectivity index (χ0v) is 14.3. The Labute approximate surface area is 143 Å². The van der Waals surface area contributed by atoms with Gasteiger partial charge >= 0.3 is 5.97 Å². The third-order valence-electron chi connectivity index (χ3n) is 2.70. The first-order valence-electron chi connectivity index (χ1n) is 5.59. The van der Waals surface area contributed by atoms with Crippen LogP contribution in [0.4, 0.5) is 5.69 Å². The molecule has 21 heavy (non-hydrogen) atoms. The summed E-state index contributed by atoms with van der Waals surface area (Å²) in [6, 6.07) is 2.08. The molecule has 9 heteroatoms. The molecule has 0 aromatic heterocycles. The fourth-order valence-electron chi connectivity index (χ4n) is 1.36. The monoisotopic (exact) mass is 374 g/mol. The molecule has 0 heterocycles. The van der Waals surface area contributed by atoms with Crippen molar-refractivity contribution in [1.82, 2.24) is 4.90 Å². The Bertz CT molecular complexity index is 539. The minimum absolute atomic E-state index is 0. The van der Waals surface area contributed by atoms with Crippen molar-refractivity contribution in [2.24, 2.45) is 0 Å². The van der Waals surface area contributed by atoms with Gasteiger partial charge in [0, 0.05) is 0 Å². The summed E-state index contributed by atoms with van der Waals surface area (Å²) in [4.78, 5) is 24.0. The molecule has 5 nitrogen and oxygen atoms in total. The molecule has 0 aliphatic rings. The first-order valence-corrected chi connectivity index (χ1v) is 6.73. The van der Waals surface area contributed by atoms with E-state index in [1.54, 1.807) is 0 Å². The van der Waals surface area contributed by atoms with Crippen LogP contribution in [0, 0.1) is 0 Å². The van der Waals surface area contributed by atoms with Gasteiger partial charge < -0.3 is 10.4 Å². The molecular weight excluding hydrogens is 362 g/mol. The largest absolute Gasteiger partial charge is 0.480 e. The smallest absolute Gasteiger partial charge is 0.320 e. The van der Waals surface area contributed by atoms with Crippen molar-refractivity contribution in [2.45, 2.75) is 13.0 Å². The van der Waals surface area contributed by atoms with E-state index in [1.807, 2.05) is 0 Å². The lowest BCUT2D eigenvalue weighted by atomic mass is 10.3. The molecule has 0 saturated carbocycles. The number of amides is 1. The van der Waals surface area contributed by atoms with Crippen LogP contribution in [0.25, 0.3) is 0 Å². The van der Waals surface area contributed by atoms with Gasteiger partial charge in [0.15, 0.2) is 0 Å². The van der Waals surface area contributed by atoms with Gasteiger partial charge in [0.2, 0.25) is 5.91 Å². The number of aliphatic carboxylic acids is 1. The molecule has 1 atom stereocenters. The average molecular weight is 376 g/mol. The van der Waals surface area contributed by atoms with Crippen molar-refractivity contribution in [3.05, 3.63) is 27.2 Å². The number of anilines is 1. The van der Waals surface area contributed by atoms with E-state index in [0.717, 1.165) is 0 Å². The number of carbonyl (C=O) groups excluding carboxylic acids is 1. The molecule has 0 spiro atoms. The number of rotatable bonds is 5.